The standard InChI is InChI=1S/C11H24N.H2O/c1-5-12(6-2)8-10(3)7-11(4)9-12;/h10-11H,5-9H2,1-4H3;1H2/q+1;/p-1. The maximum atomic E-state index is 2.41. The van der Waals surface area contributed by atoms with Crippen LogP contribution < -0.4 is 0 Å². The highest BCUT2D eigenvalue weighted by molar-refractivity contribution is 4.65. The molecule has 80 valence electrons. The van der Waals surface area contributed by atoms with Crippen LogP contribution in [0.1, 0.15) is 34.1 Å². The first kappa shape index (κ1) is 12.9. The maximum Gasteiger partial charge on any atom is 0.0812 e. The van der Waals surface area contributed by atoms with Crippen LogP contribution in [-0.2, 0) is 0 Å². The van der Waals surface area contributed by atoms with Crippen molar-refractivity contribution in [2.75, 3.05) is 26.2 Å². The molecule has 2 heteroatoms. The molecule has 0 radical (unpaired) electrons. The van der Waals surface area contributed by atoms with Gasteiger partial charge in [-0.2, -0.15) is 0 Å². The van der Waals surface area contributed by atoms with Crippen LogP contribution >= 0.6 is 0 Å². The molecular weight excluding hydrogens is 162 g/mol. The smallest absolute Gasteiger partial charge is 0.0812 e. The lowest BCUT2D eigenvalue weighted by Crippen LogP contribution is -2.55. The van der Waals surface area contributed by atoms with Crippen LogP contribution in [-0.4, -0.2) is 36.1 Å². The highest BCUT2D eigenvalue weighted by atomic mass is 16.0. The van der Waals surface area contributed by atoms with E-state index < -0.39 is 0 Å². The van der Waals surface area contributed by atoms with Gasteiger partial charge < -0.3 is 9.96 Å². The van der Waals surface area contributed by atoms with Gasteiger partial charge in [0, 0.05) is 11.8 Å². The van der Waals surface area contributed by atoms with Gasteiger partial charge in [0.25, 0.3) is 0 Å². The zero-order valence-electron chi connectivity index (χ0n) is 9.58. The minimum atomic E-state index is 0. The van der Waals surface area contributed by atoms with E-state index in [1.807, 2.05) is 0 Å². The Balaban J connectivity index is 0.00000144. The molecule has 1 heterocycles. The first-order valence-corrected chi connectivity index (χ1v) is 5.47. The van der Waals surface area contributed by atoms with E-state index in [1.165, 1.54) is 37.1 Å². The van der Waals surface area contributed by atoms with Crippen molar-refractivity contribution >= 4 is 0 Å². The topological polar surface area (TPSA) is 30.0 Å². The number of nitrogens with zero attached hydrogens (tertiary/aromatic N) is 1. The molecule has 2 atom stereocenters. The van der Waals surface area contributed by atoms with Gasteiger partial charge in [0.1, 0.15) is 0 Å². The summed E-state index contributed by atoms with van der Waals surface area (Å²) >= 11 is 0. The zero-order valence-corrected chi connectivity index (χ0v) is 9.58. The molecule has 0 aliphatic carbocycles. The van der Waals surface area contributed by atoms with Crippen LogP contribution in [0.3, 0.4) is 0 Å². The third-order valence-corrected chi connectivity index (χ3v) is 3.54. The molecule has 1 aliphatic heterocycles. The summed E-state index contributed by atoms with van der Waals surface area (Å²) in [6, 6.07) is 0. The van der Waals surface area contributed by atoms with E-state index >= 15 is 0 Å². The fourth-order valence-corrected chi connectivity index (χ4v) is 2.97. The summed E-state index contributed by atoms with van der Waals surface area (Å²) in [5, 5.41) is 0. The molecule has 0 bridgehead atoms. The third-order valence-electron chi connectivity index (χ3n) is 3.54. The van der Waals surface area contributed by atoms with E-state index in [-0.39, 0.29) is 5.48 Å². The third kappa shape index (κ3) is 2.96. The number of hydrogen-bond acceptors (Lipinski definition) is 1. The molecular formula is C11H25NO. The van der Waals surface area contributed by atoms with E-state index in [1.54, 1.807) is 0 Å². The van der Waals surface area contributed by atoms with Gasteiger partial charge in [0.15, 0.2) is 0 Å². The molecule has 1 rings (SSSR count). The van der Waals surface area contributed by atoms with Crippen LogP contribution in [0.2, 0.25) is 0 Å². The van der Waals surface area contributed by atoms with Gasteiger partial charge in [-0.3, -0.25) is 0 Å². The average molecular weight is 187 g/mol. The maximum absolute atomic E-state index is 2.41. The van der Waals surface area contributed by atoms with Gasteiger partial charge in [-0.25, -0.2) is 0 Å². The molecule has 0 aromatic carbocycles. The van der Waals surface area contributed by atoms with Crippen molar-refractivity contribution in [1.29, 1.82) is 0 Å². The van der Waals surface area contributed by atoms with E-state index in [4.69, 9.17) is 0 Å². The van der Waals surface area contributed by atoms with Gasteiger partial charge in [-0.15, -0.1) is 0 Å². The van der Waals surface area contributed by atoms with E-state index in [0.29, 0.717) is 0 Å². The second kappa shape index (κ2) is 4.97. The number of likely N-dealkylation sites (tertiary alicyclic amines) is 1. The van der Waals surface area contributed by atoms with Crippen LogP contribution in [0.5, 0.6) is 0 Å². The Morgan fingerprint density at radius 2 is 1.38 bits per heavy atom. The number of hydrogen-bond donors (Lipinski definition) is 0. The number of piperidine rings is 1. The molecule has 1 saturated heterocycles. The Bertz CT molecular complexity index is 131. The lowest BCUT2D eigenvalue weighted by Gasteiger charge is -2.45. The molecule has 0 aromatic rings. The second-order valence-electron chi connectivity index (χ2n) is 4.79. The minimum Gasteiger partial charge on any atom is -0.870 e. The average Bonchev–Trinajstić information content (AvgIpc) is 2.02. The van der Waals surface area contributed by atoms with Crippen molar-refractivity contribution < 1.29 is 9.96 Å². The summed E-state index contributed by atoms with van der Waals surface area (Å²) in [6.45, 7) is 15.0. The van der Waals surface area contributed by atoms with Crippen LogP contribution in [0.25, 0.3) is 0 Å². The monoisotopic (exact) mass is 187 g/mol. The minimum absolute atomic E-state index is 0. The predicted molar refractivity (Wildman–Crippen MR) is 56.0 cm³/mol. The summed E-state index contributed by atoms with van der Waals surface area (Å²) in [7, 11) is 0. The molecule has 1 aliphatic rings. The molecule has 13 heavy (non-hydrogen) atoms. The van der Waals surface area contributed by atoms with Crippen molar-refractivity contribution in [2.24, 2.45) is 11.8 Å². The molecule has 0 amide bonds. The van der Waals surface area contributed by atoms with Crippen LogP contribution in [0.4, 0.5) is 0 Å². The van der Waals surface area contributed by atoms with Gasteiger partial charge in [-0.1, -0.05) is 13.8 Å². The first-order chi connectivity index (χ1) is 5.62. The highest BCUT2D eigenvalue weighted by Gasteiger charge is 2.33. The number of quaternary nitrogens is 1. The second-order valence-corrected chi connectivity index (χ2v) is 4.79. The lowest BCUT2D eigenvalue weighted by atomic mass is 9.90. The van der Waals surface area contributed by atoms with E-state index in [0.717, 1.165) is 11.8 Å². The fourth-order valence-electron chi connectivity index (χ4n) is 2.97. The Kier molecular flexibility index (Phi) is 4.93. The Morgan fingerprint density at radius 3 is 1.69 bits per heavy atom. The lowest BCUT2D eigenvalue weighted by molar-refractivity contribution is -0.935. The summed E-state index contributed by atoms with van der Waals surface area (Å²) in [5.74, 6) is 1.88. The van der Waals surface area contributed by atoms with Crippen molar-refractivity contribution in [3.05, 3.63) is 0 Å². The molecule has 2 unspecified atom stereocenters. The summed E-state index contributed by atoms with van der Waals surface area (Å²) in [4.78, 5) is 0. The largest absolute Gasteiger partial charge is 0.870 e. The van der Waals surface area contributed by atoms with Gasteiger partial charge in [-0.05, 0) is 20.3 Å². The first-order valence-electron chi connectivity index (χ1n) is 5.47. The summed E-state index contributed by atoms with van der Waals surface area (Å²) in [5.41, 5.74) is 0. The van der Waals surface area contributed by atoms with Gasteiger partial charge in [0.2, 0.25) is 0 Å². The predicted octanol–water partition coefficient (Wildman–Crippen LogP) is 2.34. The zero-order chi connectivity index (χ0) is 9.19. The highest BCUT2D eigenvalue weighted by Crippen LogP contribution is 2.26. The quantitative estimate of drug-likeness (QED) is 0.610. The molecule has 0 saturated carbocycles. The number of rotatable bonds is 2. The molecule has 2 nitrogen and oxygen atoms in total. The Hall–Kier alpha value is -0.0800. The normalized spacial score (nSPS) is 32.3. The van der Waals surface area contributed by atoms with Crippen molar-refractivity contribution in [3.63, 3.8) is 0 Å². The van der Waals surface area contributed by atoms with Crippen LogP contribution in [0, 0.1) is 11.8 Å². The van der Waals surface area contributed by atoms with E-state index in [2.05, 4.69) is 27.7 Å². The fraction of sp³-hybridized carbons (Fsp3) is 1.00. The van der Waals surface area contributed by atoms with E-state index in [9.17, 15) is 0 Å². The van der Waals surface area contributed by atoms with Crippen molar-refractivity contribution in [1.82, 2.24) is 0 Å². The SMILES string of the molecule is CC[N+]1(CC)CC(C)CC(C)C1.[OH-]. The van der Waals surface area contributed by atoms with Crippen molar-refractivity contribution in [2.45, 2.75) is 34.1 Å². The Morgan fingerprint density at radius 1 is 1.00 bits per heavy atom. The molecule has 1 fully saturated rings. The van der Waals surface area contributed by atoms with Gasteiger partial charge in [0.05, 0.1) is 26.2 Å². The van der Waals surface area contributed by atoms with Crippen molar-refractivity contribution in [3.8, 4) is 0 Å². The Labute approximate surface area is 82.8 Å². The molecule has 0 aromatic heterocycles. The summed E-state index contributed by atoms with van der Waals surface area (Å²) < 4.78 is 1.36. The molecule has 1 N–H and O–H groups in total. The van der Waals surface area contributed by atoms with Gasteiger partial charge >= 0.3 is 0 Å². The van der Waals surface area contributed by atoms with Crippen LogP contribution in [0.15, 0.2) is 0 Å². The molecule has 0 spiro atoms. The summed E-state index contributed by atoms with van der Waals surface area (Å²) in [6.07, 6.45) is 1.44.